The van der Waals surface area contributed by atoms with E-state index in [2.05, 4.69) is 10.6 Å². The third-order valence-corrected chi connectivity index (χ3v) is 2.42. The highest BCUT2D eigenvalue weighted by Crippen LogP contribution is 2.04. The highest BCUT2D eigenvalue weighted by atomic mass is 19.3. The molecule has 1 aliphatic heterocycles. The Hall–Kier alpha value is -0.750. The van der Waals surface area contributed by atoms with Crippen molar-refractivity contribution in [2.24, 2.45) is 0 Å². The van der Waals surface area contributed by atoms with Crippen molar-refractivity contribution < 1.29 is 18.3 Å². The summed E-state index contributed by atoms with van der Waals surface area (Å²) in [7, 11) is 0. The summed E-state index contributed by atoms with van der Waals surface area (Å²) in [6, 6.07) is -0.211. The molecule has 0 bridgehead atoms. The lowest BCUT2D eigenvalue weighted by atomic mass is 10.1. The Kier molecular flexibility index (Phi) is 6.25. The summed E-state index contributed by atoms with van der Waals surface area (Å²) in [6.45, 7) is 0.802. The molecule has 1 atom stereocenters. The van der Waals surface area contributed by atoms with Crippen molar-refractivity contribution in [1.82, 2.24) is 10.6 Å². The van der Waals surface area contributed by atoms with Crippen molar-refractivity contribution >= 4 is 5.91 Å². The average molecular weight is 236 g/mol. The number of rotatable bonds is 6. The molecule has 1 saturated heterocycles. The third-order valence-electron chi connectivity index (χ3n) is 2.42. The number of alkyl halides is 2. The van der Waals surface area contributed by atoms with Gasteiger partial charge in [0.15, 0.2) is 0 Å². The van der Waals surface area contributed by atoms with Crippen molar-refractivity contribution in [3.8, 4) is 0 Å². The molecule has 1 amide bonds. The van der Waals surface area contributed by atoms with Crippen LogP contribution in [0.25, 0.3) is 0 Å². The van der Waals surface area contributed by atoms with Gasteiger partial charge in [0.1, 0.15) is 6.61 Å². The van der Waals surface area contributed by atoms with E-state index in [1.807, 2.05) is 0 Å². The van der Waals surface area contributed by atoms with Gasteiger partial charge in [0, 0.05) is 13.1 Å². The maximum Gasteiger partial charge on any atom is 0.261 e. The normalized spacial score (nSPS) is 21.9. The van der Waals surface area contributed by atoms with Crippen LogP contribution in [0.15, 0.2) is 0 Å². The molecule has 2 N–H and O–H groups in total. The van der Waals surface area contributed by atoms with Crippen LogP contribution in [0.4, 0.5) is 8.78 Å². The standard InChI is InChI=1S/C10H18F2N2O2/c11-9(12)7-16-6-5-13-8-3-1-2-4-14-10(8)15/h8-9,13H,1-7H2,(H,14,15). The number of amides is 1. The number of hydrogen-bond acceptors (Lipinski definition) is 3. The number of hydrogen-bond donors (Lipinski definition) is 2. The fraction of sp³-hybridized carbons (Fsp3) is 0.900. The average Bonchev–Trinajstić information content (AvgIpc) is 2.43. The van der Waals surface area contributed by atoms with Crippen molar-refractivity contribution in [2.75, 3.05) is 26.3 Å². The first-order valence-electron chi connectivity index (χ1n) is 5.57. The zero-order valence-electron chi connectivity index (χ0n) is 9.18. The first kappa shape index (κ1) is 13.3. The van der Waals surface area contributed by atoms with Gasteiger partial charge in [0.25, 0.3) is 6.43 Å². The van der Waals surface area contributed by atoms with Crippen molar-refractivity contribution in [1.29, 1.82) is 0 Å². The van der Waals surface area contributed by atoms with Crippen molar-refractivity contribution in [3.63, 3.8) is 0 Å². The van der Waals surface area contributed by atoms with Gasteiger partial charge in [-0.1, -0.05) is 0 Å². The predicted molar refractivity (Wildman–Crippen MR) is 55.5 cm³/mol. The summed E-state index contributed by atoms with van der Waals surface area (Å²) in [6.07, 6.45) is 0.349. The van der Waals surface area contributed by atoms with Crippen LogP contribution in [0.3, 0.4) is 0 Å². The highest BCUT2D eigenvalue weighted by Gasteiger charge is 2.19. The molecular formula is C10H18F2N2O2. The Balaban J connectivity index is 2.08. The smallest absolute Gasteiger partial charge is 0.261 e. The number of halogens is 2. The van der Waals surface area contributed by atoms with Crippen LogP contribution in [-0.2, 0) is 9.53 Å². The van der Waals surface area contributed by atoms with E-state index in [-0.39, 0.29) is 18.6 Å². The fourth-order valence-electron chi connectivity index (χ4n) is 1.61. The van der Waals surface area contributed by atoms with E-state index in [1.165, 1.54) is 0 Å². The summed E-state index contributed by atoms with van der Waals surface area (Å²) in [5.74, 6) is -0.00800. The van der Waals surface area contributed by atoms with Gasteiger partial charge in [0.2, 0.25) is 5.91 Å². The topological polar surface area (TPSA) is 50.4 Å². The molecule has 1 fully saturated rings. The molecule has 0 aromatic rings. The second-order valence-corrected chi connectivity index (χ2v) is 3.76. The van der Waals surface area contributed by atoms with Crippen molar-refractivity contribution in [3.05, 3.63) is 0 Å². The Bertz CT molecular complexity index is 215. The van der Waals surface area contributed by atoms with Crippen LogP contribution in [0.5, 0.6) is 0 Å². The van der Waals surface area contributed by atoms with Gasteiger partial charge >= 0.3 is 0 Å². The van der Waals surface area contributed by atoms with Gasteiger partial charge in [-0.05, 0) is 19.3 Å². The molecule has 1 unspecified atom stereocenters. The van der Waals surface area contributed by atoms with Gasteiger partial charge in [0.05, 0.1) is 12.6 Å². The second kappa shape index (κ2) is 7.51. The van der Waals surface area contributed by atoms with Gasteiger partial charge in [-0.3, -0.25) is 4.79 Å². The lowest BCUT2D eigenvalue weighted by molar-refractivity contribution is -0.122. The van der Waals surface area contributed by atoms with E-state index in [9.17, 15) is 13.6 Å². The van der Waals surface area contributed by atoms with E-state index in [1.54, 1.807) is 0 Å². The molecule has 1 heterocycles. The molecule has 0 aromatic carbocycles. The molecule has 0 radical (unpaired) electrons. The molecule has 0 aliphatic carbocycles. The summed E-state index contributed by atoms with van der Waals surface area (Å²) >= 11 is 0. The quantitative estimate of drug-likeness (QED) is 0.661. The van der Waals surface area contributed by atoms with E-state index in [4.69, 9.17) is 4.74 Å². The Morgan fingerprint density at radius 3 is 3.06 bits per heavy atom. The monoisotopic (exact) mass is 236 g/mol. The molecule has 1 rings (SSSR count). The number of carbonyl (C=O) groups is 1. The number of carbonyl (C=O) groups excluding carboxylic acids is 1. The maximum atomic E-state index is 11.7. The van der Waals surface area contributed by atoms with Gasteiger partial charge in [-0.2, -0.15) is 0 Å². The van der Waals surface area contributed by atoms with Crippen LogP contribution < -0.4 is 10.6 Å². The fourth-order valence-corrected chi connectivity index (χ4v) is 1.61. The maximum absolute atomic E-state index is 11.7. The Morgan fingerprint density at radius 2 is 2.31 bits per heavy atom. The molecule has 16 heavy (non-hydrogen) atoms. The van der Waals surface area contributed by atoms with E-state index < -0.39 is 13.0 Å². The van der Waals surface area contributed by atoms with Crippen LogP contribution in [0.2, 0.25) is 0 Å². The molecule has 6 heteroatoms. The van der Waals surface area contributed by atoms with Gasteiger partial charge in [-0.15, -0.1) is 0 Å². The molecular weight excluding hydrogens is 218 g/mol. The molecule has 1 aliphatic rings. The van der Waals surface area contributed by atoms with Crippen LogP contribution in [0, 0.1) is 0 Å². The van der Waals surface area contributed by atoms with E-state index in [0.717, 1.165) is 25.8 Å². The van der Waals surface area contributed by atoms with Gasteiger partial charge in [-0.25, -0.2) is 8.78 Å². The molecule has 0 spiro atoms. The summed E-state index contributed by atoms with van der Waals surface area (Å²) in [4.78, 5) is 11.5. The first-order valence-corrected chi connectivity index (χ1v) is 5.57. The Morgan fingerprint density at radius 1 is 1.50 bits per heavy atom. The SMILES string of the molecule is O=C1NCCCCC1NCCOCC(F)F. The van der Waals surface area contributed by atoms with E-state index >= 15 is 0 Å². The first-order chi connectivity index (χ1) is 7.70. The largest absolute Gasteiger partial charge is 0.374 e. The summed E-state index contributed by atoms with van der Waals surface area (Å²) in [5.41, 5.74) is 0. The summed E-state index contributed by atoms with van der Waals surface area (Å²) in [5, 5.41) is 5.79. The van der Waals surface area contributed by atoms with Crippen LogP contribution in [0.1, 0.15) is 19.3 Å². The number of ether oxygens (including phenoxy) is 1. The molecule has 4 nitrogen and oxygen atoms in total. The van der Waals surface area contributed by atoms with E-state index in [0.29, 0.717) is 6.54 Å². The predicted octanol–water partition coefficient (Wildman–Crippen LogP) is 0.526. The lowest BCUT2D eigenvalue weighted by Crippen LogP contribution is -2.43. The minimum Gasteiger partial charge on any atom is -0.374 e. The summed E-state index contributed by atoms with van der Waals surface area (Å²) < 4.78 is 28.2. The minimum atomic E-state index is -2.43. The highest BCUT2D eigenvalue weighted by molar-refractivity contribution is 5.81. The zero-order chi connectivity index (χ0) is 11.8. The van der Waals surface area contributed by atoms with Crippen LogP contribution >= 0.6 is 0 Å². The molecule has 94 valence electrons. The molecule has 0 saturated carbocycles. The van der Waals surface area contributed by atoms with Gasteiger partial charge < -0.3 is 15.4 Å². The molecule has 0 aromatic heterocycles. The van der Waals surface area contributed by atoms with Crippen LogP contribution in [-0.4, -0.2) is 44.7 Å². The third kappa shape index (κ3) is 5.37. The lowest BCUT2D eigenvalue weighted by Gasteiger charge is -2.14. The number of nitrogens with one attached hydrogen (secondary N) is 2. The van der Waals surface area contributed by atoms with Crippen molar-refractivity contribution in [2.45, 2.75) is 31.7 Å². The minimum absolute atomic E-state index is 0.00800. The Labute approximate surface area is 93.7 Å². The second-order valence-electron chi connectivity index (χ2n) is 3.76. The zero-order valence-corrected chi connectivity index (χ0v) is 9.18.